The maximum Gasteiger partial charge on any atom is 0.347 e. The third-order valence-electron chi connectivity index (χ3n) is 3.58. The quantitative estimate of drug-likeness (QED) is 0.721. The maximum absolute atomic E-state index is 11.1. The monoisotopic (exact) mass is 339 g/mol. The Morgan fingerprint density at radius 3 is 2.54 bits per heavy atom. The van der Waals surface area contributed by atoms with Crippen LogP contribution in [0.4, 0.5) is 0 Å². The van der Waals surface area contributed by atoms with Gasteiger partial charge < -0.3 is 9.84 Å². The van der Waals surface area contributed by atoms with Crippen molar-refractivity contribution < 1.29 is 14.6 Å². The van der Waals surface area contributed by atoms with E-state index in [2.05, 4.69) is 4.98 Å². The first-order valence-corrected chi connectivity index (χ1v) is 8.43. The average Bonchev–Trinajstić information content (AvgIpc) is 2.97. The lowest BCUT2D eigenvalue weighted by molar-refractivity contribution is 0.0701. The van der Waals surface area contributed by atoms with Gasteiger partial charge in [-0.25, -0.2) is 9.78 Å². The standard InChI is InChI=1S/C19H17NO3S/c1-13-18(19(21)22)24-17(20-13)11-12-23-16-10-6-5-9-15(16)14-7-3-2-4-8-14/h2-10H,11-12H2,1H3,(H,21,22). The molecule has 0 spiro atoms. The molecule has 0 aliphatic heterocycles. The highest BCUT2D eigenvalue weighted by Gasteiger charge is 2.14. The Hall–Kier alpha value is -2.66. The molecule has 0 bridgehead atoms. The topological polar surface area (TPSA) is 59.4 Å². The zero-order valence-electron chi connectivity index (χ0n) is 13.2. The number of thiazole rings is 1. The Morgan fingerprint density at radius 2 is 1.83 bits per heavy atom. The smallest absolute Gasteiger partial charge is 0.347 e. The van der Waals surface area contributed by atoms with Gasteiger partial charge in [0.05, 0.1) is 17.3 Å². The summed E-state index contributed by atoms with van der Waals surface area (Å²) >= 11 is 1.21. The van der Waals surface area contributed by atoms with E-state index in [1.54, 1.807) is 6.92 Å². The molecule has 24 heavy (non-hydrogen) atoms. The second kappa shape index (κ2) is 7.27. The third-order valence-corrected chi connectivity index (χ3v) is 4.79. The molecule has 0 radical (unpaired) electrons. The summed E-state index contributed by atoms with van der Waals surface area (Å²) in [6, 6.07) is 18.0. The molecule has 0 amide bonds. The second-order valence-corrected chi connectivity index (χ2v) is 6.37. The lowest BCUT2D eigenvalue weighted by Gasteiger charge is -2.11. The third kappa shape index (κ3) is 3.63. The Kier molecular flexibility index (Phi) is 4.91. The van der Waals surface area contributed by atoms with E-state index in [4.69, 9.17) is 9.84 Å². The van der Waals surface area contributed by atoms with Crippen molar-refractivity contribution in [2.75, 3.05) is 6.61 Å². The van der Waals surface area contributed by atoms with Crippen LogP contribution in [0.5, 0.6) is 5.75 Å². The number of hydrogen-bond acceptors (Lipinski definition) is 4. The van der Waals surface area contributed by atoms with E-state index in [1.807, 2.05) is 54.6 Å². The zero-order valence-corrected chi connectivity index (χ0v) is 14.0. The molecule has 5 heteroatoms. The van der Waals surface area contributed by atoms with Crippen LogP contribution in [-0.2, 0) is 6.42 Å². The number of nitrogens with zero attached hydrogens (tertiary/aromatic N) is 1. The highest BCUT2D eigenvalue weighted by atomic mass is 32.1. The van der Waals surface area contributed by atoms with Crippen LogP contribution >= 0.6 is 11.3 Å². The maximum atomic E-state index is 11.1. The van der Waals surface area contributed by atoms with Crippen LogP contribution in [0, 0.1) is 6.92 Å². The molecule has 0 saturated heterocycles. The van der Waals surface area contributed by atoms with Gasteiger partial charge in [-0.1, -0.05) is 48.5 Å². The molecule has 1 N–H and O–H groups in total. The van der Waals surface area contributed by atoms with Crippen molar-refractivity contribution >= 4 is 17.3 Å². The van der Waals surface area contributed by atoms with Gasteiger partial charge in [0, 0.05) is 12.0 Å². The van der Waals surface area contributed by atoms with Crippen LogP contribution in [0.2, 0.25) is 0 Å². The zero-order chi connectivity index (χ0) is 16.9. The number of hydrogen-bond donors (Lipinski definition) is 1. The molecule has 0 unspecified atom stereocenters. The first kappa shape index (κ1) is 16.2. The summed E-state index contributed by atoms with van der Waals surface area (Å²) in [4.78, 5) is 15.7. The van der Waals surface area contributed by atoms with Crippen molar-refractivity contribution in [2.45, 2.75) is 13.3 Å². The summed E-state index contributed by atoms with van der Waals surface area (Å²) in [5, 5.41) is 9.86. The van der Waals surface area contributed by atoms with E-state index in [-0.39, 0.29) is 0 Å². The van der Waals surface area contributed by atoms with Crippen LogP contribution in [0.3, 0.4) is 0 Å². The number of aromatic nitrogens is 1. The molecule has 0 fully saturated rings. The number of rotatable bonds is 6. The predicted molar refractivity (Wildman–Crippen MR) is 94.9 cm³/mol. The van der Waals surface area contributed by atoms with Crippen molar-refractivity contribution in [1.29, 1.82) is 0 Å². The highest BCUT2D eigenvalue weighted by molar-refractivity contribution is 7.13. The number of carboxylic acid groups (broad SMARTS) is 1. The van der Waals surface area contributed by atoms with Crippen molar-refractivity contribution in [3.05, 3.63) is 70.2 Å². The summed E-state index contributed by atoms with van der Waals surface area (Å²) in [7, 11) is 0. The summed E-state index contributed by atoms with van der Waals surface area (Å²) in [6.45, 7) is 2.17. The van der Waals surface area contributed by atoms with Gasteiger partial charge in [0.1, 0.15) is 10.6 Å². The molecular weight excluding hydrogens is 322 g/mol. The van der Waals surface area contributed by atoms with Gasteiger partial charge in [-0.05, 0) is 18.6 Å². The van der Waals surface area contributed by atoms with Crippen LogP contribution in [0.1, 0.15) is 20.4 Å². The number of benzene rings is 2. The number of carboxylic acids is 1. The van der Waals surface area contributed by atoms with Crippen molar-refractivity contribution in [1.82, 2.24) is 4.98 Å². The van der Waals surface area contributed by atoms with Gasteiger partial charge in [-0.15, -0.1) is 11.3 Å². The minimum Gasteiger partial charge on any atom is -0.493 e. The van der Waals surface area contributed by atoms with Crippen LogP contribution in [-0.4, -0.2) is 22.7 Å². The second-order valence-electron chi connectivity index (χ2n) is 5.29. The van der Waals surface area contributed by atoms with E-state index < -0.39 is 5.97 Å². The highest BCUT2D eigenvalue weighted by Crippen LogP contribution is 2.29. The lowest BCUT2D eigenvalue weighted by atomic mass is 10.1. The molecule has 4 nitrogen and oxygen atoms in total. The molecule has 1 aromatic heterocycles. The Balaban J connectivity index is 1.70. The summed E-state index contributed by atoms with van der Waals surface area (Å²) in [5.41, 5.74) is 2.71. The van der Waals surface area contributed by atoms with Crippen molar-refractivity contribution in [3.8, 4) is 16.9 Å². The molecule has 0 atom stereocenters. The fraction of sp³-hybridized carbons (Fsp3) is 0.158. The predicted octanol–water partition coefficient (Wildman–Crippen LogP) is 4.44. The Labute approximate surface area is 144 Å². The molecule has 3 rings (SSSR count). The van der Waals surface area contributed by atoms with Crippen LogP contribution < -0.4 is 4.74 Å². The normalized spacial score (nSPS) is 10.5. The van der Waals surface area contributed by atoms with Gasteiger partial charge in [0.15, 0.2) is 0 Å². The lowest BCUT2D eigenvalue weighted by Crippen LogP contribution is -2.02. The molecule has 122 valence electrons. The van der Waals surface area contributed by atoms with Gasteiger partial charge in [-0.2, -0.15) is 0 Å². The molecule has 2 aromatic carbocycles. The number of aryl methyl sites for hydroxylation is 1. The molecule has 1 heterocycles. The fourth-order valence-corrected chi connectivity index (χ4v) is 3.34. The largest absolute Gasteiger partial charge is 0.493 e. The fourth-order valence-electron chi connectivity index (χ4n) is 2.45. The van der Waals surface area contributed by atoms with Gasteiger partial charge in [-0.3, -0.25) is 0 Å². The molecule has 0 saturated carbocycles. The minimum atomic E-state index is -0.924. The number of ether oxygens (including phenoxy) is 1. The van der Waals surface area contributed by atoms with Gasteiger partial charge in [0.25, 0.3) is 0 Å². The van der Waals surface area contributed by atoms with Crippen molar-refractivity contribution in [2.24, 2.45) is 0 Å². The van der Waals surface area contributed by atoms with Gasteiger partial charge in [0.2, 0.25) is 0 Å². The summed E-state index contributed by atoms with van der Waals surface area (Å²) < 4.78 is 5.92. The average molecular weight is 339 g/mol. The number of para-hydroxylation sites is 1. The SMILES string of the molecule is Cc1nc(CCOc2ccccc2-c2ccccc2)sc1C(=O)O. The van der Waals surface area contributed by atoms with Crippen LogP contribution in [0.15, 0.2) is 54.6 Å². The van der Waals surface area contributed by atoms with Crippen LogP contribution in [0.25, 0.3) is 11.1 Å². The molecular formula is C19H17NO3S. The molecule has 0 aliphatic carbocycles. The van der Waals surface area contributed by atoms with E-state index in [0.29, 0.717) is 23.6 Å². The number of aromatic carboxylic acids is 1. The summed E-state index contributed by atoms with van der Waals surface area (Å²) in [6.07, 6.45) is 0.585. The summed E-state index contributed by atoms with van der Waals surface area (Å²) in [5.74, 6) is -0.109. The van der Waals surface area contributed by atoms with Crippen molar-refractivity contribution in [3.63, 3.8) is 0 Å². The van der Waals surface area contributed by atoms with E-state index in [1.165, 1.54) is 11.3 Å². The van der Waals surface area contributed by atoms with E-state index in [0.717, 1.165) is 21.9 Å². The Bertz CT molecular complexity index is 843. The van der Waals surface area contributed by atoms with E-state index in [9.17, 15) is 4.79 Å². The first-order valence-electron chi connectivity index (χ1n) is 7.62. The molecule has 0 aliphatic rings. The first-order chi connectivity index (χ1) is 11.6. The van der Waals surface area contributed by atoms with E-state index >= 15 is 0 Å². The van der Waals surface area contributed by atoms with Gasteiger partial charge >= 0.3 is 5.97 Å². The number of carbonyl (C=O) groups is 1. The molecule has 3 aromatic rings. The Morgan fingerprint density at radius 1 is 1.12 bits per heavy atom. The minimum absolute atomic E-state index is 0.301.